The fourth-order valence-electron chi connectivity index (χ4n) is 2.24. The largest absolute Gasteiger partial charge is 0.396 e. The number of rotatable bonds is 4. The first kappa shape index (κ1) is 15.0. The van der Waals surface area contributed by atoms with Gasteiger partial charge in [-0.3, -0.25) is 4.79 Å². The van der Waals surface area contributed by atoms with E-state index < -0.39 is 10.0 Å². The Bertz CT molecular complexity index is 583. The fourth-order valence-corrected chi connectivity index (χ4v) is 3.77. The van der Waals surface area contributed by atoms with E-state index in [1.165, 1.54) is 35.6 Å². The molecule has 7 heteroatoms. The quantitative estimate of drug-likeness (QED) is 0.822. The molecule has 1 aromatic carbocycles. The highest BCUT2D eigenvalue weighted by molar-refractivity contribution is 7.89. The molecule has 0 aromatic heterocycles. The van der Waals surface area contributed by atoms with Gasteiger partial charge in [0.25, 0.3) is 5.91 Å². The van der Waals surface area contributed by atoms with Crippen LogP contribution in [0.5, 0.6) is 0 Å². The van der Waals surface area contributed by atoms with E-state index in [1.54, 1.807) is 0 Å². The van der Waals surface area contributed by atoms with E-state index in [-0.39, 0.29) is 23.3 Å². The van der Waals surface area contributed by atoms with Crippen molar-refractivity contribution in [2.24, 2.45) is 5.92 Å². The molecule has 1 saturated heterocycles. The summed E-state index contributed by atoms with van der Waals surface area (Å²) in [7, 11) is -2.02. The Hall–Kier alpha value is -1.44. The summed E-state index contributed by atoms with van der Waals surface area (Å²) in [4.78, 5) is 11.6. The summed E-state index contributed by atoms with van der Waals surface area (Å²) >= 11 is 0. The van der Waals surface area contributed by atoms with Crippen LogP contribution in [0.25, 0.3) is 0 Å². The van der Waals surface area contributed by atoms with E-state index in [1.807, 2.05) is 0 Å². The number of carbonyl (C=O) groups excluding carboxylic acids is 1. The molecule has 2 rings (SSSR count). The number of benzene rings is 1. The van der Waals surface area contributed by atoms with Crippen molar-refractivity contribution in [3.8, 4) is 0 Å². The van der Waals surface area contributed by atoms with Crippen LogP contribution in [0.15, 0.2) is 29.2 Å². The molecular formula is C13H18N2O4S. The Morgan fingerprint density at radius 3 is 2.55 bits per heavy atom. The van der Waals surface area contributed by atoms with E-state index in [2.05, 4.69) is 5.32 Å². The molecule has 0 spiro atoms. The smallest absolute Gasteiger partial charge is 0.251 e. The molecule has 1 aliphatic heterocycles. The Morgan fingerprint density at radius 1 is 1.40 bits per heavy atom. The number of carbonyl (C=O) groups is 1. The second kappa shape index (κ2) is 5.90. The summed E-state index contributed by atoms with van der Waals surface area (Å²) < 4.78 is 26.2. The molecule has 0 bridgehead atoms. The molecule has 0 saturated carbocycles. The fraction of sp³-hybridized carbons (Fsp3) is 0.462. The van der Waals surface area contributed by atoms with Crippen LogP contribution in [-0.2, 0) is 10.0 Å². The lowest BCUT2D eigenvalue weighted by atomic mass is 10.1. The molecule has 1 heterocycles. The Labute approximate surface area is 118 Å². The van der Waals surface area contributed by atoms with Crippen LogP contribution < -0.4 is 5.32 Å². The van der Waals surface area contributed by atoms with E-state index in [0.717, 1.165) is 0 Å². The number of hydrogen-bond acceptors (Lipinski definition) is 4. The third kappa shape index (κ3) is 2.84. The first-order valence-electron chi connectivity index (χ1n) is 6.42. The highest BCUT2D eigenvalue weighted by Gasteiger charge is 2.32. The predicted molar refractivity (Wildman–Crippen MR) is 73.8 cm³/mol. The molecule has 0 aliphatic carbocycles. The molecule has 1 amide bonds. The van der Waals surface area contributed by atoms with Gasteiger partial charge in [0, 0.05) is 32.3 Å². The topological polar surface area (TPSA) is 86.7 Å². The summed E-state index contributed by atoms with van der Waals surface area (Å²) in [5.41, 5.74) is 0.418. The molecule has 110 valence electrons. The molecule has 1 atom stereocenters. The average molecular weight is 298 g/mol. The Morgan fingerprint density at radius 2 is 2.05 bits per heavy atom. The number of amides is 1. The number of hydrogen-bond donors (Lipinski definition) is 2. The lowest BCUT2D eigenvalue weighted by molar-refractivity contribution is 0.0963. The maximum absolute atomic E-state index is 12.4. The number of aliphatic hydroxyl groups is 1. The maximum atomic E-state index is 12.4. The number of aliphatic hydroxyl groups excluding tert-OH is 1. The van der Waals surface area contributed by atoms with Crippen LogP contribution in [0.4, 0.5) is 0 Å². The van der Waals surface area contributed by atoms with Gasteiger partial charge in [-0.05, 0) is 36.6 Å². The van der Waals surface area contributed by atoms with Gasteiger partial charge >= 0.3 is 0 Å². The van der Waals surface area contributed by atoms with E-state index in [0.29, 0.717) is 25.1 Å². The van der Waals surface area contributed by atoms with Crippen molar-refractivity contribution in [1.29, 1.82) is 0 Å². The number of nitrogens with zero attached hydrogens (tertiary/aromatic N) is 1. The van der Waals surface area contributed by atoms with Crippen molar-refractivity contribution in [3.63, 3.8) is 0 Å². The SMILES string of the molecule is CNC(=O)c1ccc(S(=O)(=O)N2CCC(CO)C2)cc1. The number of nitrogens with one attached hydrogen (secondary N) is 1. The van der Waals surface area contributed by atoms with Gasteiger partial charge in [0.1, 0.15) is 0 Å². The molecule has 1 unspecified atom stereocenters. The minimum Gasteiger partial charge on any atom is -0.396 e. The first-order valence-corrected chi connectivity index (χ1v) is 7.86. The molecule has 2 N–H and O–H groups in total. The maximum Gasteiger partial charge on any atom is 0.251 e. The predicted octanol–water partition coefficient (Wildman–Crippen LogP) is 0.0491. The molecule has 1 fully saturated rings. The van der Waals surface area contributed by atoms with Gasteiger partial charge in [-0.1, -0.05) is 0 Å². The van der Waals surface area contributed by atoms with Crippen molar-refractivity contribution >= 4 is 15.9 Å². The van der Waals surface area contributed by atoms with Crippen LogP contribution in [-0.4, -0.2) is 50.5 Å². The normalized spacial score (nSPS) is 20.0. The second-order valence-corrected chi connectivity index (χ2v) is 6.74. The minimum atomic E-state index is -3.54. The van der Waals surface area contributed by atoms with Gasteiger partial charge in [0.2, 0.25) is 10.0 Å². The Kier molecular flexibility index (Phi) is 4.42. The van der Waals surface area contributed by atoms with E-state index in [4.69, 9.17) is 5.11 Å². The third-order valence-corrected chi connectivity index (χ3v) is 5.37. The summed E-state index contributed by atoms with van der Waals surface area (Å²) in [6, 6.07) is 5.86. The van der Waals surface area contributed by atoms with Gasteiger partial charge < -0.3 is 10.4 Å². The van der Waals surface area contributed by atoms with Gasteiger partial charge in [-0.15, -0.1) is 0 Å². The Balaban J connectivity index is 2.20. The van der Waals surface area contributed by atoms with Crippen molar-refractivity contribution in [1.82, 2.24) is 9.62 Å². The van der Waals surface area contributed by atoms with Crippen molar-refractivity contribution in [2.75, 3.05) is 26.7 Å². The van der Waals surface area contributed by atoms with Gasteiger partial charge in [0.15, 0.2) is 0 Å². The van der Waals surface area contributed by atoms with Crippen LogP contribution in [0.1, 0.15) is 16.8 Å². The van der Waals surface area contributed by atoms with Crippen molar-refractivity contribution in [3.05, 3.63) is 29.8 Å². The summed E-state index contributed by atoms with van der Waals surface area (Å²) in [5.74, 6) is -0.245. The summed E-state index contributed by atoms with van der Waals surface area (Å²) in [6.07, 6.45) is 0.673. The van der Waals surface area contributed by atoms with Gasteiger partial charge in [-0.2, -0.15) is 4.31 Å². The lowest BCUT2D eigenvalue weighted by Gasteiger charge is -2.16. The minimum absolute atomic E-state index is 0.00162. The second-order valence-electron chi connectivity index (χ2n) is 4.80. The summed E-state index contributed by atoms with van der Waals surface area (Å²) in [5, 5.41) is 11.6. The number of sulfonamides is 1. The molecule has 1 aromatic rings. The van der Waals surface area contributed by atoms with Crippen LogP contribution in [0.2, 0.25) is 0 Å². The molecule has 20 heavy (non-hydrogen) atoms. The molecule has 0 radical (unpaired) electrons. The zero-order valence-corrected chi connectivity index (χ0v) is 12.1. The van der Waals surface area contributed by atoms with Crippen molar-refractivity contribution in [2.45, 2.75) is 11.3 Å². The van der Waals surface area contributed by atoms with E-state index in [9.17, 15) is 13.2 Å². The summed E-state index contributed by atoms with van der Waals surface area (Å²) in [6.45, 7) is 0.766. The molecule has 6 nitrogen and oxygen atoms in total. The first-order chi connectivity index (χ1) is 9.48. The highest BCUT2D eigenvalue weighted by Crippen LogP contribution is 2.24. The van der Waals surface area contributed by atoms with Gasteiger partial charge in [0.05, 0.1) is 4.90 Å². The zero-order valence-electron chi connectivity index (χ0n) is 11.2. The monoisotopic (exact) mass is 298 g/mol. The van der Waals surface area contributed by atoms with Crippen molar-refractivity contribution < 1.29 is 18.3 Å². The molecular weight excluding hydrogens is 280 g/mol. The molecule has 1 aliphatic rings. The standard InChI is InChI=1S/C13H18N2O4S/c1-14-13(17)11-2-4-12(5-3-11)20(18,19)15-7-6-10(8-15)9-16/h2-5,10,16H,6-9H2,1H3,(H,14,17). The van der Waals surface area contributed by atoms with E-state index >= 15 is 0 Å². The highest BCUT2D eigenvalue weighted by atomic mass is 32.2. The zero-order chi connectivity index (χ0) is 14.8. The third-order valence-electron chi connectivity index (χ3n) is 3.49. The van der Waals surface area contributed by atoms with Crippen LogP contribution >= 0.6 is 0 Å². The van der Waals surface area contributed by atoms with Gasteiger partial charge in [-0.25, -0.2) is 8.42 Å². The average Bonchev–Trinajstić information content (AvgIpc) is 2.96. The van der Waals surface area contributed by atoms with Crippen LogP contribution in [0, 0.1) is 5.92 Å². The van der Waals surface area contributed by atoms with Crippen LogP contribution in [0.3, 0.4) is 0 Å². The lowest BCUT2D eigenvalue weighted by Crippen LogP contribution is -2.29.